The molecule has 84 valence electrons. The fourth-order valence-corrected chi connectivity index (χ4v) is 1.90. The molecule has 1 heterocycles. The zero-order chi connectivity index (χ0) is 11.7. The van der Waals surface area contributed by atoms with Crippen LogP contribution in [0.5, 0.6) is 0 Å². The minimum atomic E-state index is -1.09. The van der Waals surface area contributed by atoms with Gasteiger partial charge in [-0.1, -0.05) is 18.2 Å². The second kappa shape index (κ2) is 3.92. The van der Waals surface area contributed by atoms with Gasteiger partial charge in [0.25, 0.3) is 0 Å². The molecule has 4 nitrogen and oxygen atoms in total. The van der Waals surface area contributed by atoms with Crippen molar-refractivity contribution in [3.63, 3.8) is 0 Å². The summed E-state index contributed by atoms with van der Waals surface area (Å²) in [6.45, 7) is 0. The Morgan fingerprint density at radius 3 is 2.75 bits per heavy atom. The van der Waals surface area contributed by atoms with Crippen molar-refractivity contribution in [3.8, 4) is 0 Å². The van der Waals surface area contributed by atoms with Crippen LogP contribution in [0.2, 0.25) is 0 Å². The predicted molar refractivity (Wildman–Crippen MR) is 53.0 cm³/mol. The number of hydrogen-bond acceptors (Lipinski definition) is 2. The summed E-state index contributed by atoms with van der Waals surface area (Å²) in [5.74, 6) is -2.85. The van der Waals surface area contributed by atoms with E-state index in [4.69, 9.17) is 5.11 Å². The minimum Gasteiger partial charge on any atom is -0.481 e. The number of carboxylic acids is 1. The number of rotatable bonds is 2. The van der Waals surface area contributed by atoms with Crippen LogP contribution in [-0.2, 0) is 9.59 Å². The minimum absolute atomic E-state index is 0.103. The summed E-state index contributed by atoms with van der Waals surface area (Å²) >= 11 is 0. The van der Waals surface area contributed by atoms with Crippen LogP contribution in [0.4, 0.5) is 4.39 Å². The second-order valence-corrected chi connectivity index (χ2v) is 3.72. The Hall–Kier alpha value is -1.91. The Morgan fingerprint density at radius 1 is 1.44 bits per heavy atom. The third kappa shape index (κ3) is 1.76. The van der Waals surface area contributed by atoms with Gasteiger partial charge in [-0.05, 0) is 6.07 Å². The lowest BCUT2D eigenvalue weighted by Gasteiger charge is -2.16. The third-order valence-electron chi connectivity index (χ3n) is 2.68. The number of carbonyl (C=O) groups is 2. The number of aliphatic carboxylic acids is 1. The molecule has 0 bridgehead atoms. The zero-order valence-electron chi connectivity index (χ0n) is 8.31. The molecule has 16 heavy (non-hydrogen) atoms. The van der Waals surface area contributed by atoms with Gasteiger partial charge in [0.1, 0.15) is 5.82 Å². The maximum atomic E-state index is 13.5. The lowest BCUT2D eigenvalue weighted by atomic mass is 9.94. The summed E-state index contributed by atoms with van der Waals surface area (Å²) in [4.78, 5) is 22.1. The highest BCUT2D eigenvalue weighted by atomic mass is 19.1. The first kappa shape index (κ1) is 10.6. The van der Waals surface area contributed by atoms with E-state index >= 15 is 0 Å². The first-order valence-electron chi connectivity index (χ1n) is 4.86. The molecule has 5 heteroatoms. The zero-order valence-corrected chi connectivity index (χ0v) is 8.31. The molecular weight excluding hydrogens is 213 g/mol. The fourth-order valence-electron chi connectivity index (χ4n) is 1.90. The standard InChI is InChI=1S/C11H10FNO3/c12-8-4-2-1-3-6(8)10-7(11(15)16)5-9(14)13-10/h1-4,7,10H,5H2,(H,13,14)(H,15,16)/t7-,10?/m0/s1. The van der Waals surface area contributed by atoms with Gasteiger partial charge < -0.3 is 10.4 Å². The summed E-state index contributed by atoms with van der Waals surface area (Å²) in [5, 5.41) is 11.4. The molecule has 0 radical (unpaired) electrons. The Bertz CT molecular complexity index is 447. The molecule has 1 aliphatic heterocycles. The fraction of sp³-hybridized carbons (Fsp3) is 0.273. The number of carboxylic acid groups (broad SMARTS) is 1. The average molecular weight is 223 g/mol. The molecule has 1 fully saturated rings. The number of hydrogen-bond donors (Lipinski definition) is 2. The van der Waals surface area contributed by atoms with E-state index in [1.807, 2.05) is 0 Å². The number of carbonyl (C=O) groups excluding carboxylic acids is 1. The van der Waals surface area contributed by atoms with Crippen LogP contribution >= 0.6 is 0 Å². The summed E-state index contributed by atoms with van der Waals surface area (Å²) in [6, 6.07) is 5.10. The van der Waals surface area contributed by atoms with Gasteiger partial charge in [0.05, 0.1) is 12.0 Å². The van der Waals surface area contributed by atoms with E-state index in [-0.39, 0.29) is 17.9 Å². The number of halogens is 1. The van der Waals surface area contributed by atoms with Crippen LogP contribution in [-0.4, -0.2) is 17.0 Å². The number of nitrogens with one attached hydrogen (secondary N) is 1. The van der Waals surface area contributed by atoms with E-state index in [1.54, 1.807) is 6.07 Å². The van der Waals surface area contributed by atoms with Gasteiger partial charge in [0.2, 0.25) is 5.91 Å². The normalized spacial score (nSPS) is 24.2. The van der Waals surface area contributed by atoms with Crippen LogP contribution in [0.1, 0.15) is 18.0 Å². The van der Waals surface area contributed by atoms with Crippen molar-refractivity contribution in [2.75, 3.05) is 0 Å². The number of benzene rings is 1. The highest BCUT2D eigenvalue weighted by molar-refractivity contribution is 5.87. The van der Waals surface area contributed by atoms with Gasteiger partial charge in [-0.15, -0.1) is 0 Å². The average Bonchev–Trinajstić information content (AvgIpc) is 2.61. The van der Waals surface area contributed by atoms with Gasteiger partial charge in [0.15, 0.2) is 0 Å². The van der Waals surface area contributed by atoms with E-state index in [2.05, 4.69) is 5.32 Å². The molecular formula is C11H10FNO3. The van der Waals surface area contributed by atoms with Crippen LogP contribution in [0.25, 0.3) is 0 Å². The van der Waals surface area contributed by atoms with E-state index in [0.717, 1.165) is 0 Å². The molecule has 0 aliphatic carbocycles. The molecule has 0 aromatic heterocycles. The smallest absolute Gasteiger partial charge is 0.309 e. The van der Waals surface area contributed by atoms with Crippen molar-refractivity contribution in [1.82, 2.24) is 5.32 Å². The lowest BCUT2D eigenvalue weighted by molar-refractivity contribution is -0.142. The van der Waals surface area contributed by atoms with Crippen LogP contribution < -0.4 is 5.32 Å². The molecule has 1 saturated heterocycles. The second-order valence-electron chi connectivity index (χ2n) is 3.72. The lowest BCUT2D eigenvalue weighted by Crippen LogP contribution is -2.25. The van der Waals surface area contributed by atoms with Gasteiger partial charge in [-0.3, -0.25) is 9.59 Å². The van der Waals surface area contributed by atoms with E-state index in [1.165, 1.54) is 18.2 Å². The monoisotopic (exact) mass is 223 g/mol. The Labute approximate surface area is 91.1 Å². The van der Waals surface area contributed by atoms with E-state index < -0.39 is 23.7 Å². The van der Waals surface area contributed by atoms with Crippen molar-refractivity contribution < 1.29 is 19.1 Å². The van der Waals surface area contributed by atoms with Crippen LogP contribution in [0.15, 0.2) is 24.3 Å². The van der Waals surface area contributed by atoms with E-state index in [9.17, 15) is 14.0 Å². The van der Waals surface area contributed by atoms with Crippen LogP contribution in [0, 0.1) is 11.7 Å². The number of amides is 1. The summed E-state index contributed by atoms with van der Waals surface area (Å²) in [7, 11) is 0. The highest BCUT2D eigenvalue weighted by Crippen LogP contribution is 2.31. The molecule has 1 amide bonds. The molecule has 0 spiro atoms. The molecule has 2 rings (SSSR count). The van der Waals surface area contributed by atoms with Crippen molar-refractivity contribution >= 4 is 11.9 Å². The Kier molecular flexibility index (Phi) is 2.60. The largest absolute Gasteiger partial charge is 0.481 e. The molecule has 1 aromatic rings. The van der Waals surface area contributed by atoms with Gasteiger partial charge in [-0.2, -0.15) is 0 Å². The van der Waals surface area contributed by atoms with E-state index in [0.29, 0.717) is 0 Å². The summed E-state index contributed by atoms with van der Waals surface area (Å²) < 4.78 is 13.5. The summed E-state index contributed by atoms with van der Waals surface area (Å²) in [6.07, 6.45) is -0.103. The summed E-state index contributed by atoms with van der Waals surface area (Å²) in [5.41, 5.74) is 0.223. The Balaban J connectivity index is 2.36. The maximum Gasteiger partial charge on any atom is 0.309 e. The topological polar surface area (TPSA) is 66.4 Å². The molecule has 1 unspecified atom stereocenters. The molecule has 1 aliphatic rings. The van der Waals surface area contributed by atoms with Gasteiger partial charge in [-0.25, -0.2) is 4.39 Å². The first-order valence-corrected chi connectivity index (χ1v) is 4.86. The van der Waals surface area contributed by atoms with Crippen molar-refractivity contribution in [1.29, 1.82) is 0 Å². The van der Waals surface area contributed by atoms with Crippen molar-refractivity contribution in [2.24, 2.45) is 5.92 Å². The molecule has 0 saturated carbocycles. The molecule has 2 N–H and O–H groups in total. The predicted octanol–water partition coefficient (Wildman–Crippen LogP) is 1.09. The quantitative estimate of drug-likeness (QED) is 0.788. The maximum absolute atomic E-state index is 13.5. The molecule has 2 atom stereocenters. The van der Waals surface area contributed by atoms with Crippen molar-refractivity contribution in [2.45, 2.75) is 12.5 Å². The van der Waals surface area contributed by atoms with Crippen LogP contribution in [0.3, 0.4) is 0 Å². The first-order chi connectivity index (χ1) is 7.59. The van der Waals surface area contributed by atoms with Gasteiger partial charge >= 0.3 is 5.97 Å². The SMILES string of the molecule is O=C1C[C@H](C(=O)O)C(c2ccccc2F)N1. The highest BCUT2D eigenvalue weighted by Gasteiger charge is 2.39. The third-order valence-corrected chi connectivity index (χ3v) is 2.68. The molecule has 1 aromatic carbocycles. The Morgan fingerprint density at radius 2 is 2.12 bits per heavy atom. The van der Waals surface area contributed by atoms with Crippen molar-refractivity contribution in [3.05, 3.63) is 35.6 Å². The van der Waals surface area contributed by atoms with Gasteiger partial charge in [0, 0.05) is 12.0 Å².